The maximum absolute atomic E-state index is 12.6. The molecule has 3 fully saturated rings. The first-order valence-corrected chi connectivity index (χ1v) is 9.18. The lowest BCUT2D eigenvalue weighted by atomic mass is 9.88. The first kappa shape index (κ1) is 14.9. The molecule has 2 saturated carbocycles. The molecule has 0 spiro atoms. The summed E-state index contributed by atoms with van der Waals surface area (Å²) in [5.74, 6) is 3.31. The molecule has 0 aromatic carbocycles. The van der Waals surface area contributed by atoms with Gasteiger partial charge in [-0.15, -0.1) is 0 Å². The van der Waals surface area contributed by atoms with Gasteiger partial charge in [-0.2, -0.15) is 0 Å². The summed E-state index contributed by atoms with van der Waals surface area (Å²) in [5, 5.41) is 0. The molecule has 1 aromatic rings. The predicted molar refractivity (Wildman–Crippen MR) is 89.4 cm³/mol. The Hall–Kier alpha value is -1.65. The summed E-state index contributed by atoms with van der Waals surface area (Å²) in [6.45, 7) is 3.44. The van der Waals surface area contributed by atoms with Gasteiger partial charge in [0.1, 0.15) is 11.6 Å². The Morgan fingerprint density at radius 1 is 1.00 bits per heavy atom. The van der Waals surface area contributed by atoms with Gasteiger partial charge in [-0.05, 0) is 31.7 Å². The van der Waals surface area contributed by atoms with Crippen molar-refractivity contribution in [3.05, 3.63) is 18.1 Å². The van der Waals surface area contributed by atoms with Gasteiger partial charge in [-0.3, -0.25) is 4.79 Å². The summed E-state index contributed by atoms with van der Waals surface area (Å²) in [6.07, 6.45) is 10.3. The van der Waals surface area contributed by atoms with Crippen molar-refractivity contribution in [1.82, 2.24) is 14.9 Å². The summed E-state index contributed by atoms with van der Waals surface area (Å²) in [6, 6.07) is 2.00. The van der Waals surface area contributed by atoms with Crippen LogP contribution in [0, 0.1) is 5.92 Å². The van der Waals surface area contributed by atoms with Crippen LogP contribution in [0.4, 0.5) is 5.82 Å². The van der Waals surface area contributed by atoms with E-state index in [2.05, 4.69) is 14.8 Å². The zero-order chi connectivity index (χ0) is 15.6. The van der Waals surface area contributed by atoms with Crippen LogP contribution in [0.2, 0.25) is 0 Å². The molecule has 5 nitrogen and oxygen atoms in total. The summed E-state index contributed by atoms with van der Waals surface area (Å²) < 4.78 is 0. The van der Waals surface area contributed by atoms with Crippen molar-refractivity contribution in [3.63, 3.8) is 0 Å². The molecule has 4 rings (SSSR count). The second kappa shape index (κ2) is 6.46. The minimum atomic E-state index is 0.288. The topological polar surface area (TPSA) is 49.3 Å². The van der Waals surface area contributed by atoms with Gasteiger partial charge in [0, 0.05) is 44.2 Å². The van der Waals surface area contributed by atoms with Crippen molar-refractivity contribution in [2.45, 2.75) is 50.9 Å². The summed E-state index contributed by atoms with van der Waals surface area (Å²) in [5.41, 5.74) is 0. The Morgan fingerprint density at radius 2 is 1.74 bits per heavy atom. The molecular formula is C18H26N4O. The van der Waals surface area contributed by atoms with Crippen LogP contribution in [0.5, 0.6) is 0 Å². The Bertz CT molecular complexity index is 558. The largest absolute Gasteiger partial charge is 0.353 e. The van der Waals surface area contributed by atoms with E-state index < -0.39 is 0 Å². The standard InChI is InChI=1S/C18H26N4O/c23-18(15-4-2-1-3-5-15)22-12-10-21(11-13-22)16-8-9-19-17(20-16)14-6-7-14/h8-9,14-15H,1-7,10-13H2. The fraction of sp³-hybridized carbons (Fsp3) is 0.722. The number of carbonyl (C=O) groups is 1. The highest BCUT2D eigenvalue weighted by Crippen LogP contribution is 2.38. The van der Waals surface area contributed by atoms with Crippen LogP contribution < -0.4 is 4.90 Å². The first-order valence-electron chi connectivity index (χ1n) is 9.18. The lowest BCUT2D eigenvalue weighted by Gasteiger charge is -2.37. The Balaban J connectivity index is 1.35. The van der Waals surface area contributed by atoms with E-state index in [4.69, 9.17) is 4.98 Å². The maximum atomic E-state index is 12.6. The Kier molecular flexibility index (Phi) is 4.19. The molecular weight excluding hydrogens is 288 g/mol. The average Bonchev–Trinajstić information content (AvgIpc) is 3.47. The first-order chi connectivity index (χ1) is 11.3. The molecule has 0 unspecified atom stereocenters. The number of hydrogen-bond acceptors (Lipinski definition) is 4. The van der Waals surface area contributed by atoms with Crippen molar-refractivity contribution in [2.24, 2.45) is 5.92 Å². The van der Waals surface area contributed by atoms with Gasteiger partial charge in [0.2, 0.25) is 5.91 Å². The van der Waals surface area contributed by atoms with E-state index >= 15 is 0 Å². The van der Waals surface area contributed by atoms with Crippen LogP contribution in [0.15, 0.2) is 12.3 Å². The van der Waals surface area contributed by atoms with E-state index in [1.807, 2.05) is 12.3 Å². The average molecular weight is 314 g/mol. The molecule has 124 valence electrons. The molecule has 0 N–H and O–H groups in total. The molecule has 1 amide bonds. The van der Waals surface area contributed by atoms with Crippen LogP contribution in [0.3, 0.4) is 0 Å². The lowest BCUT2D eigenvalue weighted by Crippen LogP contribution is -2.50. The van der Waals surface area contributed by atoms with Gasteiger partial charge in [0.15, 0.2) is 0 Å². The third kappa shape index (κ3) is 3.33. The minimum Gasteiger partial charge on any atom is -0.353 e. The summed E-state index contributed by atoms with van der Waals surface area (Å²) in [4.78, 5) is 26.1. The van der Waals surface area contributed by atoms with Crippen LogP contribution >= 0.6 is 0 Å². The van der Waals surface area contributed by atoms with Crippen LogP contribution in [0.1, 0.15) is 56.7 Å². The number of piperazine rings is 1. The fourth-order valence-corrected chi connectivity index (χ4v) is 3.84. The minimum absolute atomic E-state index is 0.288. The molecule has 1 aliphatic heterocycles. The summed E-state index contributed by atoms with van der Waals surface area (Å²) in [7, 11) is 0. The molecule has 2 heterocycles. The maximum Gasteiger partial charge on any atom is 0.225 e. The van der Waals surface area contributed by atoms with E-state index in [-0.39, 0.29) is 5.92 Å². The summed E-state index contributed by atoms with van der Waals surface area (Å²) >= 11 is 0. The van der Waals surface area contributed by atoms with Crippen molar-refractivity contribution < 1.29 is 4.79 Å². The monoisotopic (exact) mass is 314 g/mol. The molecule has 23 heavy (non-hydrogen) atoms. The number of amides is 1. The second-order valence-corrected chi connectivity index (χ2v) is 7.19. The van der Waals surface area contributed by atoms with Gasteiger partial charge < -0.3 is 9.80 Å². The van der Waals surface area contributed by atoms with E-state index in [0.29, 0.717) is 11.8 Å². The van der Waals surface area contributed by atoms with Crippen molar-refractivity contribution in [2.75, 3.05) is 31.1 Å². The highest BCUT2D eigenvalue weighted by Gasteiger charge is 2.30. The SMILES string of the molecule is O=C(C1CCCCC1)N1CCN(c2ccnc(C3CC3)n2)CC1. The highest BCUT2D eigenvalue weighted by atomic mass is 16.2. The molecule has 0 atom stereocenters. The molecule has 2 aliphatic carbocycles. The normalized spacial score (nSPS) is 23.1. The number of carbonyl (C=O) groups excluding carboxylic acids is 1. The number of hydrogen-bond donors (Lipinski definition) is 0. The molecule has 1 saturated heterocycles. The molecule has 1 aromatic heterocycles. The quantitative estimate of drug-likeness (QED) is 0.860. The third-order valence-electron chi connectivity index (χ3n) is 5.47. The van der Waals surface area contributed by atoms with Crippen LogP contribution in [-0.2, 0) is 4.79 Å². The lowest BCUT2D eigenvalue weighted by molar-refractivity contribution is -0.136. The van der Waals surface area contributed by atoms with Crippen molar-refractivity contribution in [3.8, 4) is 0 Å². The number of rotatable bonds is 3. The molecule has 5 heteroatoms. The van der Waals surface area contributed by atoms with Gasteiger partial charge in [0.05, 0.1) is 0 Å². The zero-order valence-corrected chi connectivity index (χ0v) is 13.8. The third-order valence-corrected chi connectivity index (χ3v) is 5.47. The van der Waals surface area contributed by atoms with Gasteiger partial charge in [-0.25, -0.2) is 9.97 Å². The fourth-order valence-electron chi connectivity index (χ4n) is 3.84. The van der Waals surface area contributed by atoms with E-state index in [0.717, 1.165) is 50.7 Å². The van der Waals surface area contributed by atoms with E-state index in [1.165, 1.54) is 32.1 Å². The van der Waals surface area contributed by atoms with Gasteiger partial charge >= 0.3 is 0 Å². The Labute approximate surface area is 138 Å². The Morgan fingerprint density at radius 3 is 2.43 bits per heavy atom. The smallest absolute Gasteiger partial charge is 0.225 e. The van der Waals surface area contributed by atoms with Crippen LogP contribution in [-0.4, -0.2) is 47.0 Å². The zero-order valence-electron chi connectivity index (χ0n) is 13.8. The number of aromatic nitrogens is 2. The van der Waals surface area contributed by atoms with Crippen LogP contribution in [0.25, 0.3) is 0 Å². The highest BCUT2D eigenvalue weighted by molar-refractivity contribution is 5.79. The predicted octanol–water partition coefficient (Wildman–Crippen LogP) is 2.58. The van der Waals surface area contributed by atoms with E-state index in [1.54, 1.807) is 0 Å². The van der Waals surface area contributed by atoms with Crippen molar-refractivity contribution in [1.29, 1.82) is 0 Å². The number of anilines is 1. The second-order valence-electron chi connectivity index (χ2n) is 7.19. The van der Waals surface area contributed by atoms with Crippen molar-refractivity contribution >= 4 is 11.7 Å². The molecule has 3 aliphatic rings. The molecule has 0 radical (unpaired) electrons. The van der Waals surface area contributed by atoms with E-state index in [9.17, 15) is 4.79 Å². The van der Waals surface area contributed by atoms with Gasteiger partial charge in [0.25, 0.3) is 0 Å². The number of nitrogens with zero attached hydrogens (tertiary/aromatic N) is 4. The van der Waals surface area contributed by atoms with Gasteiger partial charge in [-0.1, -0.05) is 19.3 Å². The molecule has 0 bridgehead atoms.